The predicted octanol–water partition coefficient (Wildman–Crippen LogP) is -0.537. The Bertz CT molecular complexity index is 337. The lowest BCUT2D eigenvalue weighted by Crippen LogP contribution is -2.30. The van der Waals surface area contributed by atoms with Crippen LogP contribution in [0.15, 0.2) is 12.1 Å². The van der Waals surface area contributed by atoms with Crippen LogP contribution in [0.25, 0.3) is 0 Å². The standard InChI is InChI=1S/C6H4BNO2/c9-7(10)3-1-2-4-6-5(3)8(4)6/h1-2,9-10H. The molecule has 48 valence electrons. The van der Waals surface area contributed by atoms with Crippen molar-refractivity contribution in [2.45, 2.75) is 0 Å². The maximum atomic E-state index is 8.78. The van der Waals surface area contributed by atoms with Crippen molar-refractivity contribution in [3.63, 3.8) is 0 Å². The van der Waals surface area contributed by atoms with Gasteiger partial charge in [0.2, 0.25) is 0 Å². The highest BCUT2D eigenvalue weighted by Crippen LogP contribution is 2.72. The van der Waals surface area contributed by atoms with Crippen molar-refractivity contribution in [1.29, 1.82) is 0 Å². The van der Waals surface area contributed by atoms with Gasteiger partial charge in [0.15, 0.2) is 0 Å². The average molecular weight is 133 g/mol. The first-order valence-corrected chi connectivity index (χ1v) is 3.14. The molecule has 0 aromatic heterocycles. The molecule has 4 heteroatoms. The molecule has 0 saturated carbocycles. The second kappa shape index (κ2) is 1.09. The molecule has 1 aromatic carbocycles. The summed E-state index contributed by atoms with van der Waals surface area (Å²) in [6, 6.07) is 3.65. The number of rotatable bonds is 1. The second-order valence-electron chi connectivity index (χ2n) is 2.58. The van der Waals surface area contributed by atoms with Gasteiger partial charge in [-0.05, 0) is 6.07 Å². The fraction of sp³-hybridized carbons (Fsp3) is 0. The van der Waals surface area contributed by atoms with Crippen LogP contribution in [0.5, 0.6) is 0 Å². The first-order valence-electron chi connectivity index (χ1n) is 3.14. The van der Waals surface area contributed by atoms with E-state index >= 15 is 0 Å². The Hall–Kier alpha value is -0.995. The van der Waals surface area contributed by atoms with Gasteiger partial charge < -0.3 is 14.9 Å². The minimum absolute atomic E-state index is 0.630. The molecule has 0 atom stereocenters. The topological polar surface area (TPSA) is 43.5 Å². The lowest BCUT2D eigenvalue weighted by Gasteiger charge is -2.01. The third-order valence-electron chi connectivity index (χ3n) is 2.03. The molecule has 3 aliphatic heterocycles. The van der Waals surface area contributed by atoms with Gasteiger partial charge >= 0.3 is 7.12 Å². The van der Waals surface area contributed by atoms with Crippen LogP contribution in [0.3, 0.4) is 0 Å². The smallest absolute Gasteiger partial charge is 0.423 e. The van der Waals surface area contributed by atoms with Crippen molar-refractivity contribution >= 4 is 29.6 Å². The molecule has 0 fully saturated rings. The van der Waals surface area contributed by atoms with Crippen molar-refractivity contribution in [2.24, 2.45) is 0 Å². The molecule has 3 heterocycles. The third kappa shape index (κ3) is 0.322. The zero-order chi connectivity index (χ0) is 6.88. The highest BCUT2D eigenvalue weighted by molar-refractivity contribution is 6.63. The monoisotopic (exact) mass is 133 g/mol. The van der Waals surface area contributed by atoms with E-state index in [1.54, 1.807) is 6.07 Å². The van der Waals surface area contributed by atoms with Crippen molar-refractivity contribution in [1.82, 2.24) is 0 Å². The summed E-state index contributed by atoms with van der Waals surface area (Å²) in [7, 11) is -1.31. The summed E-state index contributed by atoms with van der Waals surface area (Å²) in [4.78, 5) is 2.01. The van der Waals surface area contributed by atoms with Gasteiger partial charge in [0, 0.05) is 5.46 Å². The van der Waals surface area contributed by atoms with Crippen LogP contribution in [0.4, 0.5) is 17.1 Å². The maximum absolute atomic E-state index is 8.78. The molecule has 0 radical (unpaired) electrons. The number of hydrogen-bond donors (Lipinski definition) is 2. The Morgan fingerprint density at radius 2 is 1.90 bits per heavy atom. The van der Waals surface area contributed by atoms with Crippen LogP contribution in [-0.2, 0) is 0 Å². The van der Waals surface area contributed by atoms with Crippen LogP contribution in [0.2, 0.25) is 0 Å². The lowest BCUT2D eigenvalue weighted by molar-refractivity contribution is 0.426. The van der Waals surface area contributed by atoms with E-state index in [0.717, 1.165) is 5.69 Å². The third-order valence-corrected chi connectivity index (χ3v) is 2.03. The van der Waals surface area contributed by atoms with Crippen molar-refractivity contribution in [3.8, 4) is 0 Å². The van der Waals surface area contributed by atoms with Crippen molar-refractivity contribution < 1.29 is 10.0 Å². The molecule has 0 unspecified atom stereocenters. The number of hydrogen-bond acceptors (Lipinski definition) is 3. The second-order valence-corrected chi connectivity index (χ2v) is 2.58. The van der Waals surface area contributed by atoms with E-state index in [-0.39, 0.29) is 0 Å². The molecule has 10 heavy (non-hydrogen) atoms. The van der Waals surface area contributed by atoms with Gasteiger partial charge in [0.25, 0.3) is 0 Å². The molecule has 4 rings (SSSR count). The van der Waals surface area contributed by atoms with Crippen LogP contribution >= 0.6 is 0 Å². The molecular weight excluding hydrogens is 129 g/mol. The number of benzene rings is 1. The molecule has 0 saturated heterocycles. The normalized spacial score (nSPS) is 14.8. The Morgan fingerprint density at radius 1 is 1.20 bits per heavy atom. The van der Waals surface area contributed by atoms with Crippen LogP contribution < -0.4 is 10.4 Å². The summed E-state index contributed by atoms with van der Waals surface area (Å²) in [6.45, 7) is 0. The molecule has 0 spiro atoms. The van der Waals surface area contributed by atoms with E-state index in [2.05, 4.69) is 0 Å². The molecule has 3 aliphatic rings. The molecule has 2 N–H and O–H groups in total. The first kappa shape index (κ1) is 4.76. The van der Waals surface area contributed by atoms with Crippen LogP contribution in [-0.4, -0.2) is 17.2 Å². The number of fused-ring (bicyclic) bond motifs is 2. The van der Waals surface area contributed by atoms with Gasteiger partial charge in [-0.2, -0.15) is 0 Å². The van der Waals surface area contributed by atoms with Crippen molar-refractivity contribution in [2.75, 3.05) is 4.90 Å². The fourth-order valence-electron chi connectivity index (χ4n) is 1.41. The van der Waals surface area contributed by atoms with Crippen LogP contribution in [0, 0.1) is 0 Å². The molecule has 0 aliphatic carbocycles. The SMILES string of the molecule is OB(O)c1ccc2c3c1N23. The fourth-order valence-corrected chi connectivity index (χ4v) is 1.41. The highest BCUT2D eigenvalue weighted by Gasteiger charge is 2.53. The summed E-state index contributed by atoms with van der Waals surface area (Å²) >= 11 is 0. The van der Waals surface area contributed by atoms with Gasteiger partial charge in [0.05, 0.1) is 17.1 Å². The minimum atomic E-state index is -1.31. The van der Waals surface area contributed by atoms with Crippen molar-refractivity contribution in [3.05, 3.63) is 12.1 Å². The summed E-state index contributed by atoms with van der Waals surface area (Å²) in [5.74, 6) is 0. The molecule has 1 aromatic rings. The lowest BCUT2D eigenvalue weighted by atomic mass is 9.79. The van der Waals surface area contributed by atoms with E-state index in [1.807, 2.05) is 11.0 Å². The Morgan fingerprint density at radius 3 is 2.30 bits per heavy atom. The van der Waals surface area contributed by atoms with Gasteiger partial charge in [-0.25, -0.2) is 0 Å². The van der Waals surface area contributed by atoms with E-state index in [9.17, 15) is 0 Å². The predicted molar refractivity (Wildman–Crippen MR) is 38.1 cm³/mol. The Kier molecular flexibility index (Phi) is 0.518. The largest absolute Gasteiger partial charge is 0.490 e. The summed E-state index contributed by atoms with van der Waals surface area (Å²) in [5, 5.41) is 17.6. The van der Waals surface area contributed by atoms with E-state index < -0.39 is 7.12 Å². The summed E-state index contributed by atoms with van der Waals surface area (Å²) in [6.07, 6.45) is 0. The molecular formula is C6H4BNO2. The van der Waals surface area contributed by atoms with Gasteiger partial charge in [-0.1, -0.05) is 6.07 Å². The number of anilines is 3. The zero-order valence-corrected chi connectivity index (χ0v) is 5.07. The Balaban J connectivity index is 2.20. The van der Waals surface area contributed by atoms with Gasteiger partial charge in [-0.15, -0.1) is 0 Å². The molecule has 0 amide bonds. The van der Waals surface area contributed by atoms with Gasteiger partial charge in [0.1, 0.15) is 0 Å². The quantitative estimate of drug-likeness (QED) is 0.346. The van der Waals surface area contributed by atoms with Gasteiger partial charge in [-0.3, -0.25) is 0 Å². The first-order chi connectivity index (χ1) is 4.80. The Labute approximate surface area is 57.7 Å². The maximum Gasteiger partial charge on any atom is 0.490 e. The highest BCUT2D eigenvalue weighted by atomic mass is 16.4. The van der Waals surface area contributed by atoms with Crippen LogP contribution in [0.1, 0.15) is 0 Å². The summed E-state index contributed by atoms with van der Waals surface area (Å²) < 4.78 is 0. The molecule has 3 nitrogen and oxygen atoms in total. The number of nitrogens with zero attached hydrogens (tertiary/aromatic N) is 1. The van der Waals surface area contributed by atoms with E-state index in [1.165, 1.54) is 11.4 Å². The average Bonchev–Trinajstić information content (AvgIpc) is 2.74. The molecule has 2 bridgehead atoms. The van der Waals surface area contributed by atoms with E-state index in [4.69, 9.17) is 10.0 Å². The minimum Gasteiger partial charge on any atom is -0.423 e. The summed E-state index contributed by atoms with van der Waals surface area (Å²) in [5.41, 5.74) is 4.09. The van der Waals surface area contributed by atoms with E-state index in [0.29, 0.717) is 5.46 Å². The zero-order valence-electron chi connectivity index (χ0n) is 5.07.